The van der Waals surface area contributed by atoms with E-state index in [1.807, 2.05) is 0 Å². The maximum absolute atomic E-state index is 4.92. The monoisotopic (exact) mass is 444 g/mol. The zero-order chi connectivity index (χ0) is 22.9. The Labute approximate surface area is 199 Å². The van der Waals surface area contributed by atoms with Gasteiger partial charge in [-0.05, 0) is 54.8 Å². The van der Waals surface area contributed by atoms with Gasteiger partial charge in [-0.15, -0.1) is 0 Å². The minimum absolute atomic E-state index is 0.732. The molecule has 0 spiro atoms. The van der Waals surface area contributed by atoms with Crippen LogP contribution < -0.4 is 5.32 Å². The molecule has 0 aliphatic heterocycles. The van der Waals surface area contributed by atoms with Crippen LogP contribution in [0.25, 0.3) is 32.8 Å². The molecule has 4 nitrogen and oxygen atoms in total. The second kappa shape index (κ2) is 8.71. The Hall–Kier alpha value is -4.05. The van der Waals surface area contributed by atoms with Crippen LogP contribution in [0.1, 0.15) is 18.1 Å². The summed E-state index contributed by atoms with van der Waals surface area (Å²) in [6.07, 6.45) is 0.971. The molecule has 6 rings (SSSR count). The summed E-state index contributed by atoms with van der Waals surface area (Å²) >= 11 is 0. The summed E-state index contributed by atoms with van der Waals surface area (Å²) in [6, 6.07) is 34.5. The first-order chi connectivity index (χ1) is 16.8. The number of aromatic nitrogens is 3. The van der Waals surface area contributed by atoms with Crippen molar-refractivity contribution in [1.82, 2.24) is 14.1 Å². The molecule has 0 saturated carbocycles. The summed E-state index contributed by atoms with van der Waals surface area (Å²) < 4.78 is 4.70. The van der Waals surface area contributed by atoms with Gasteiger partial charge in [0.1, 0.15) is 0 Å². The lowest BCUT2D eigenvalue weighted by atomic mass is 10.1. The van der Waals surface area contributed by atoms with Crippen LogP contribution in [-0.2, 0) is 26.1 Å². The summed E-state index contributed by atoms with van der Waals surface area (Å²) in [5, 5.41) is 6.26. The van der Waals surface area contributed by atoms with Crippen molar-refractivity contribution in [3.8, 4) is 0 Å². The molecule has 0 saturated heterocycles. The molecule has 0 radical (unpaired) electrons. The van der Waals surface area contributed by atoms with Gasteiger partial charge in [-0.25, -0.2) is 4.98 Å². The lowest BCUT2D eigenvalue weighted by Gasteiger charge is -2.11. The van der Waals surface area contributed by atoms with Gasteiger partial charge in [-0.3, -0.25) is 0 Å². The van der Waals surface area contributed by atoms with Crippen LogP contribution in [0.4, 0.5) is 5.95 Å². The molecular weight excluding hydrogens is 416 g/mol. The quantitative estimate of drug-likeness (QED) is 0.287. The van der Waals surface area contributed by atoms with Gasteiger partial charge in [0.25, 0.3) is 0 Å². The van der Waals surface area contributed by atoms with Crippen molar-refractivity contribution in [2.45, 2.75) is 33.0 Å². The Balaban J connectivity index is 1.31. The zero-order valence-electron chi connectivity index (χ0n) is 19.4. The van der Waals surface area contributed by atoms with Crippen LogP contribution in [0.5, 0.6) is 0 Å². The van der Waals surface area contributed by atoms with E-state index in [1.165, 1.54) is 38.4 Å². The predicted molar refractivity (Wildman–Crippen MR) is 142 cm³/mol. The summed E-state index contributed by atoms with van der Waals surface area (Å²) in [5.41, 5.74) is 7.38. The van der Waals surface area contributed by atoms with Crippen LogP contribution in [0.15, 0.2) is 97.1 Å². The molecular formula is C30H28N4. The summed E-state index contributed by atoms with van der Waals surface area (Å²) in [6.45, 7) is 4.79. The second-order valence-corrected chi connectivity index (χ2v) is 8.78. The Kier molecular flexibility index (Phi) is 5.27. The third kappa shape index (κ3) is 3.61. The summed E-state index contributed by atoms with van der Waals surface area (Å²) in [7, 11) is 0. The van der Waals surface area contributed by atoms with Gasteiger partial charge >= 0.3 is 0 Å². The Morgan fingerprint density at radius 2 is 1.41 bits per heavy atom. The molecule has 168 valence electrons. The van der Waals surface area contributed by atoms with Crippen molar-refractivity contribution < 1.29 is 0 Å². The van der Waals surface area contributed by atoms with E-state index in [1.54, 1.807) is 0 Å². The number of hydrogen-bond donors (Lipinski definition) is 1. The first kappa shape index (κ1) is 20.5. The number of nitrogens with one attached hydrogen (secondary N) is 1. The fourth-order valence-corrected chi connectivity index (χ4v) is 5.05. The predicted octanol–water partition coefficient (Wildman–Crippen LogP) is 7.02. The Bertz CT molecular complexity index is 1590. The third-order valence-corrected chi connectivity index (χ3v) is 6.73. The number of para-hydroxylation sites is 3. The molecule has 0 aliphatic carbocycles. The van der Waals surface area contributed by atoms with Crippen LogP contribution in [0.3, 0.4) is 0 Å². The Morgan fingerprint density at radius 1 is 0.676 bits per heavy atom. The number of fused-ring (bicyclic) bond motifs is 4. The van der Waals surface area contributed by atoms with Crippen molar-refractivity contribution in [2.24, 2.45) is 0 Å². The minimum atomic E-state index is 0.732. The normalized spacial score (nSPS) is 11.6. The molecule has 4 heteroatoms. The van der Waals surface area contributed by atoms with Crippen molar-refractivity contribution >= 4 is 38.8 Å². The van der Waals surface area contributed by atoms with Crippen LogP contribution in [-0.4, -0.2) is 14.1 Å². The highest BCUT2D eigenvalue weighted by molar-refractivity contribution is 6.08. The standard InChI is InChI=1S/C30H28N4/c1-2-33-27-14-8-6-12-24(27)25-20-23(16-17-28(25)33)21-31-30-32-26-13-7-9-15-29(26)34(30)19-18-22-10-4-3-5-11-22/h3-17,20H,2,18-19,21H2,1H3,(H,31,32). The van der Waals surface area contributed by atoms with Crippen LogP contribution in [0, 0.1) is 0 Å². The van der Waals surface area contributed by atoms with E-state index in [4.69, 9.17) is 4.98 Å². The van der Waals surface area contributed by atoms with Gasteiger partial charge in [0.15, 0.2) is 0 Å². The fourth-order valence-electron chi connectivity index (χ4n) is 5.05. The van der Waals surface area contributed by atoms with Crippen molar-refractivity contribution in [3.05, 3.63) is 108 Å². The topological polar surface area (TPSA) is 34.8 Å². The largest absolute Gasteiger partial charge is 0.352 e. The summed E-state index contributed by atoms with van der Waals surface area (Å²) in [4.78, 5) is 4.92. The van der Waals surface area contributed by atoms with Gasteiger partial charge in [-0.1, -0.05) is 66.7 Å². The van der Waals surface area contributed by atoms with Crippen molar-refractivity contribution in [1.29, 1.82) is 0 Å². The fraction of sp³-hybridized carbons (Fsp3) is 0.167. The molecule has 6 aromatic rings. The number of nitrogens with zero attached hydrogens (tertiary/aromatic N) is 3. The highest BCUT2D eigenvalue weighted by Crippen LogP contribution is 2.30. The molecule has 4 aromatic carbocycles. The minimum Gasteiger partial charge on any atom is -0.352 e. The molecule has 0 bridgehead atoms. The van der Waals surface area contributed by atoms with Gasteiger partial charge in [-0.2, -0.15) is 0 Å². The number of aryl methyl sites for hydroxylation is 3. The smallest absolute Gasteiger partial charge is 0.204 e. The van der Waals surface area contributed by atoms with Gasteiger partial charge in [0, 0.05) is 41.4 Å². The molecule has 0 aliphatic rings. The number of benzene rings is 4. The zero-order valence-corrected chi connectivity index (χ0v) is 19.4. The molecule has 0 amide bonds. The first-order valence-corrected chi connectivity index (χ1v) is 12.0. The molecule has 1 N–H and O–H groups in total. The molecule has 0 fully saturated rings. The van der Waals surface area contributed by atoms with Gasteiger partial charge in [0.2, 0.25) is 5.95 Å². The highest BCUT2D eigenvalue weighted by atomic mass is 15.2. The van der Waals surface area contributed by atoms with E-state index < -0.39 is 0 Å². The van der Waals surface area contributed by atoms with E-state index in [-0.39, 0.29) is 0 Å². The number of imidazole rings is 1. The lowest BCUT2D eigenvalue weighted by molar-refractivity contribution is 0.718. The van der Waals surface area contributed by atoms with Crippen molar-refractivity contribution in [3.63, 3.8) is 0 Å². The maximum Gasteiger partial charge on any atom is 0.204 e. The average molecular weight is 445 g/mol. The van der Waals surface area contributed by atoms with Gasteiger partial charge in [0.05, 0.1) is 11.0 Å². The summed E-state index contributed by atoms with van der Waals surface area (Å²) in [5.74, 6) is 0.924. The number of hydrogen-bond acceptors (Lipinski definition) is 2. The number of anilines is 1. The number of rotatable bonds is 7. The van der Waals surface area contributed by atoms with E-state index >= 15 is 0 Å². The SMILES string of the molecule is CCn1c2ccccc2c2cc(CNc3nc4ccccc4n3CCc3ccccc3)ccc21. The molecule has 34 heavy (non-hydrogen) atoms. The van der Waals surface area contributed by atoms with Crippen LogP contribution in [0.2, 0.25) is 0 Å². The van der Waals surface area contributed by atoms with E-state index in [9.17, 15) is 0 Å². The Morgan fingerprint density at radius 3 is 2.26 bits per heavy atom. The average Bonchev–Trinajstić information content (AvgIpc) is 3.41. The highest BCUT2D eigenvalue weighted by Gasteiger charge is 2.12. The molecule has 2 aromatic heterocycles. The van der Waals surface area contributed by atoms with Crippen LogP contribution >= 0.6 is 0 Å². The van der Waals surface area contributed by atoms with Gasteiger partial charge < -0.3 is 14.5 Å². The maximum atomic E-state index is 4.92. The third-order valence-electron chi connectivity index (χ3n) is 6.73. The van der Waals surface area contributed by atoms with E-state index in [2.05, 4.69) is 118 Å². The molecule has 0 unspecified atom stereocenters. The van der Waals surface area contributed by atoms with Crippen molar-refractivity contribution in [2.75, 3.05) is 5.32 Å². The molecule has 0 atom stereocenters. The van der Waals surface area contributed by atoms with E-state index in [0.29, 0.717) is 0 Å². The molecule has 2 heterocycles. The second-order valence-electron chi connectivity index (χ2n) is 8.78. The first-order valence-electron chi connectivity index (χ1n) is 12.0. The lowest BCUT2D eigenvalue weighted by Crippen LogP contribution is -2.09. The van der Waals surface area contributed by atoms with E-state index in [0.717, 1.165) is 37.5 Å².